The number of carbonyl (C=O) groups is 1. The minimum Gasteiger partial charge on any atom is -0.477 e. The smallest absolute Gasteiger partial charge is 0.354 e. The maximum Gasteiger partial charge on any atom is 0.354 e. The normalized spacial score (nSPS) is 11.2. The molecule has 0 aliphatic rings. The third kappa shape index (κ3) is 2.27. The van der Waals surface area contributed by atoms with Crippen LogP contribution in [-0.4, -0.2) is 25.7 Å². The first kappa shape index (κ1) is 13.3. The topological polar surface area (TPSA) is 67.5 Å². The van der Waals surface area contributed by atoms with Crippen LogP contribution in [0.25, 0.3) is 16.8 Å². The Bertz CT molecular complexity index is 807. The first-order chi connectivity index (χ1) is 10.1. The average molecular weight is 281 g/mol. The Morgan fingerprint density at radius 1 is 1.24 bits per heavy atom. The fourth-order valence-corrected chi connectivity index (χ4v) is 2.33. The van der Waals surface area contributed by atoms with Crippen molar-refractivity contribution >= 4 is 11.6 Å². The molecule has 3 rings (SSSR count). The van der Waals surface area contributed by atoms with Crippen LogP contribution in [0.5, 0.6) is 0 Å². The van der Waals surface area contributed by atoms with Gasteiger partial charge in [-0.05, 0) is 17.5 Å². The van der Waals surface area contributed by atoms with Gasteiger partial charge >= 0.3 is 5.97 Å². The zero-order valence-corrected chi connectivity index (χ0v) is 11.8. The Hall–Kier alpha value is -2.69. The van der Waals surface area contributed by atoms with Gasteiger partial charge in [-0.1, -0.05) is 44.2 Å². The van der Waals surface area contributed by atoms with Crippen molar-refractivity contribution in [2.45, 2.75) is 19.8 Å². The van der Waals surface area contributed by atoms with Crippen LogP contribution in [0.1, 0.15) is 35.9 Å². The molecule has 1 aromatic carbocycles. The van der Waals surface area contributed by atoms with Gasteiger partial charge in [0.25, 0.3) is 0 Å². The fourth-order valence-electron chi connectivity index (χ4n) is 2.33. The highest BCUT2D eigenvalue weighted by Crippen LogP contribution is 2.26. The van der Waals surface area contributed by atoms with E-state index < -0.39 is 5.97 Å². The van der Waals surface area contributed by atoms with Crippen LogP contribution in [0, 0.1) is 0 Å². The summed E-state index contributed by atoms with van der Waals surface area (Å²) in [5.74, 6) is -0.878. The molecule has 0 saturated heterocycles. The highest BCUT2D eigenvalue weighted by Gasteiger charge is 2.17. The quantitative estimate of drug-likeness (QED) is 0.800. The number of nitrogens with zero attached hydrogens (tertiary/aromatic N) is 3. The van der Waals surface area contributed by atoms with E-state index in [1.165, 1.54) is 0 Å². The molecule has 3 aromatic rings. The third-order valence-electron chi connectivity index (χ3n) is 3.39. The Morgan fingerprint density at radius 3 is 2.57 bits per heavy atom. The van der Waals surface area contributed by atoms with Crippen molar-refractivity contribution in [2.75, 3.05) is 0 Å². The third-order valence-corrected chi connectivity index (χ3v) is 3.39. The molecule has 2 aromatic heterocycles. The molecule has 5 heteroatoms. The number of rotatable bonds is 3. The van der Waals surface area contributed by atoms with Crippen LogP contribution >= 0.6 is 0 Å². The lowest BCUT2D eigenvalue weighted by atomic mass is 10.1. The standard InChI is InChI=1S/C16H15N3O2/c1-10(2)14-8-13(16(20)21)18-15-12(9-17-19(14)15)11-6-4-3-5-7-11/h3-10H,1-2H3,(H,20,21). The highest BCUT2D eigenvalue weighted by molar-refractivity contribution is 5.87. The summed E-state index contributed by atoms with van der Waals surface area (Å²) in [7, 11) is 0. The lowest BCUT2D eigenvalue weighted by molar-refractivity contribution is 0.0690. The molecule has 0 fully saturated rings. The van der Waals surface area contributed by atoms with E-state index in [1.807, 2.05) is 44.2 Å². The van der Waals surface area contributed by atoms with Crippen molar-refractivity contribution in [3.8, 4) is 11.1 Å². The van der Waals surface area contributed by atoms with Crippen LogP contribution in [0.4, 0.5) is 0 Å². The van der Waals surface area contributed by atoms with Gasteiger partial charge in [0, 0.05) is 11.3 Å². The first-order valence-corrected chi connectivity index (χ1v) is 6.75. The summed E-state index contributed by atoms with van der Waals surface area (Å²) in [5.41, 5.74) is 3.26. The van der Waals surface area contributed by atoms with Crippen LogP contribution in [-0.2, 0) is 0 Å². The molecule has 0 amide bonds. The zero-order chi connectivity index (χ0) is 15.0. The maximum absolute atomic E-state index is 11.3. The van der Waals surface area contributed by atoms with E-state index in [2.05, 4.69) is 10.1 Å². The van der Waals surface area contributed by atoms with E-state index in [-0.39, 0.29) is 11.6 Å². The van der Waals surface area contributed by atoms with Crippen molar-refractivity contribution in [1.82, 2.24) is 14.6 Å². The van der Waals surface area contributed by atoms with E-state index in [0.29, 0.717) is 5.65 Å². The summed E-state index contributed by atoms with van der Waals surface area (Å²) in [6.45, 7) is 4.01. The van der Waals surface area contributed by atoms with Crippen molar-refractivity contribution in [3.63, 3.8) is 0 Å². The van der Waals surface area contributed by atoms with E-state index >= 15 is 0 Å². The lowest BCUT2D eigenvalue weighted by Crippen LogP contribution is -2.09. The van der Waals surface area contributed by atoms with Gasteiger partial charge in [0.1, 0.15) is 0 Å². The predicted octanol–water partition coefficient (Wildman–Crippen LogP) is 3.22. The molecule has 0 atom stereocenters. The Labute approximate surface area is 121 Å². The molecule has 1 N–H and O–H groups in total. The highest BCUT2D eigenvalue weighted by atomic mass is 16.4. The number of aromatic carboxylic acids is 1. The molecular formula is C16H15N3O2. The predicted molar refractivity (Wildman–Crippen MR) is 79.5 cm³/mol. The zero-order valence-electron chi connectivity index (χ0n) is 11.8. The second-order valence-electron chi connectivity index (χ2n) is 5.19. The molecule has 0 unspecified atom stereocenters. The van der Waals surface area contributed by atoms with Gasteiger partial charge in [0.15, 0.2) is 11.3 Å². The molecule has 2 heterocycles. The van der Waals surface area contributed by atoms with Crippen LogP contribution in [0.2, 0.25) is 0 Å². The minimum atomic E-state index is -1.03. The largest absolute Gasteiger partial charge is 0.477 e. The average Bonchev–Trinajstić information content (AvgIpc) is 2.90. The molecule has 0 bridgehead atoms. The number of aromatic nitrogens is 3. The van der Waals surface area contributed by atoms with E-state index in [9.17, 15) is 9.90 Å². The molecule has 21 heavy (non-hydrogen) atoms. The van der Waals surface area contributed by atoms with Gasteiger partial charge < -0.3 is 5.11 Å². The molecule has 0 spiro atoms. The number of benzene rings is 1. The Kier molecular flexibility index (Phi) is 3.17. The van der Waals surface area contributed by atoms with Gasteiger partial charge in [0.05, 0.1) is 6.20 Å². The van der Waals surface area contributed by atoms with Gasteiger partial charge in [-0.25, -0.2) is 14.3 Å². The summed E-state index contributed by atoms with van der Waals surface area (Å²) in [5, 5.41) is 13.6. The second-order valence-corrected chi connectivity index (χ2v) is 5.19. The number of carboxylic acid groups (broad SMARTS) is 1. The van der Waals surface area contributed by atoms with Crippen molar-refractivity contribution in [1.29, 1.82) is 0 Å². The summed E-state index contributed by atoms with van der Waals surface area (Å²) in [6, 6.07) is 11.3. The molecule has 5 nitrogen and oxygen atoms in total. The second kappa shape index (κ2) is 5.01. The maximum atomic E-state index is 11.3. The molecule has 0 saturated carbocycles. The number of carboxylic acids is 1. The van der Waals surface area contributed by atoms with Gasteiger partial charge in [0.2, 0.25) is 0 Å². The van der Waals surface area contributed by atoms with Crippen LogP contribution < -0.4 is 0 Å². The van der Waals surface area contributed by atoms with E-state index in [1.54, 1.807) is 16.8 Å². The summed E-state index contributed by atoms with van der Waals surface area (Å²) >= 11 is 0. The summed E-state index contributed by atoms with van der Waals surface area (Å²) in [6.07, 6.45) is 1.73. The number of hydrogen-bond donors (Lipinski definition) is 1. The molecule has 106 valence electrons. The summed E-state index contributed by atoms with van der Waals surface area (Å²) in [4.78, 5) is 15.6. The van der Waals surface area contributed by atoms with E-state index in [0.717, 1.165) is 16.8 Å². The minimum absolute atomic E-state index is 0.0453. The molecular weight excluding hydrogens is 266 g/mol. The first-order valence-electron chi connectivity index (χ1n) is 6.75. The van der Waals surface area contributed by atoms with Crippen LogP contribution in [0.15, 0.2) is 42.6 Å². The summed E-state index contributed by atoms with van der Waals surface area (Å²) < 4.78 is 1.72. The van der Waals surface area contributed by atoms with Crippen molar-refractivity contribution in [2.24, 2.45) is 0 Å². The Balaban J connectivity index is 2.32. The Morgan fingerprint density at radius 2 is 1.95 bits per heavy atom. The van der Waals surface area contributed by atoms with E-state index in [4.69, 9.17) is 0 Å². The van der Waals surface area contributed by atoms with Crippen molar-refractivity contribution in [3.05, 3.63) is 54.0 Å². The molecule has 0 aliphatic heterocycles. The molecule has 0 aliphatic carbocycles. The molecule has 0 radical (unpaired) electrons. The number of fused-ring (bicyclic) bond motifs is 1. The SMILES string of the molecule is CC(C)c1cc(C(=O)O)nc2c(-c3ccccc3)cnn12. The van der Waals surface area contributed by atoms with Gasteiger partial charge in [-0.2, -0.15) is 5.10 Å². The van der Waals surface area contributed by atoms with Gasteiger partial charge in [-0.15, -0.1) is 0 Å². The monoisotopic (exact) mass is 281 g/mol. The lowest BCUT2D eigenvalue weighted by Gasteiger charge is -2.09. The number of hydrogen-bond acceptors (Lipinski definition) is 3. The van der Waals surface area contributed by atoms with Gasteiger partial charge in [-0.3, -0.25) is 0 Å². The fraction of sp³-hybridized carbons (Fsp3) is 0.188. The van der Waals surface area contributed by atoms with Crippen LogP contribution in [0.3, 0.4) is 0 Å². The van der Waals surface area contributed by atoms with Crippen molar-refractivity contribution < 1.29 is 9.90 Å².